The van der Waals surface area contributed by atoms with E-state index in [4.69, 9.17) is 11.6 Å². The van der Waals surface area contributed by atoms with Crippen LogP contribution in [-0.2, 0) is 16.4 Å². The van der Waals surface area contributed by atoms with E-state index in [1.165, 1.54) is 18.2 Å². The van der Waals surface area contributed by atoms with E-state index in [2.05, 4.69) is 4.72 Å². The van der Waals surface area contributed by atoms with E-state index < -0.39 is 15.8 Å². The summed E-state index contributed by atoms with van der Waals surface area (Å²) < 4.78 is 41.1. The SMILES string of the molecule is O=C(c1ccccc1)N1CCc2cc(S(=O)(=O)Nc3ccc(F)c(Cl)c3)ccc21. The number of nitrogens with one attached hydrogen (secondary N) is 1. The van der Waals surface area contributed by atoms with E-state index in [-0.39, 0.29) is 21.5 Å². The van der Waals surface area contributed by atoms with Crippen LogP contribution >= 0.6 is 11.6 Å². The average Bonchev–Trinajstić information content (AvgIpc) is 3.14. The molecule has 4 rings (SSSR count). The lowest BCUT2D eigenvalue weighted by Crippen LogP contribution is -2.28. The lowest BCUT2D eigenvalue weighted by Gasteiger charge is -2.18. The first-order valence-electron chi connectivity index (χ1n) is 8.83. The lowest BCUT2D eigenvalue weighted by molar-refractivity contribution is 0.0989. The van der Waals surface area contributed by atoms with Gasteiger partial charge in [-0.05, 0) is 60.5 Å². The molecule has 0 unspecified atom stereocenters. The maximum absolute atomic E-state index is 13.3. The van der Waals surface area contributed by atoms with Crippen molar-refractivity contribution in [3.63, 3.8) is 0 Å². The molecule has 29 heavy (non-hydrogen) atoms. The highest BCUT2D eigenvalue weighted by molar-refractivity contribution is 7.92. The fourth-order valence-corrected chi connectivity index (χ4v) is 4.55. The third-order valence-corrected chi connectivity index (χ3v) is 6.36. The number of hydrogen-bond donors (Lipinski definition) is 1. The Balaban J connectivity index is 1.60. The Morgan fingerprint density at radius 3 is 2.52 bits per heavy atom. The summed E-state index contributed by atoms with van der Waals surface area (Å²) >= 11 is 5.71. The van der Waals surface area contributed by atoms with E-state index >= 15 is 0 Å². The van der Waals surface area contributed by atoms with Gasteiger partial charge in [0.15, 0.2) is 0 Å². The second kappa shape index (κ2) is 7.50. The zero-order chi connectivity index (χ0) is 20.6. The molecule has 3 aromatic rings. The van der Waals surface area contributed by atoms with Gasteiger partial charge in [-0.2, -0.15) is 0 Å². The van der Waals surface area contributed by atoms with E-state index in [1.807, 2.05) is 6.07 Å². The molecule has 1 amide bonds. The third-order valence-electron chi connectivity index (χ3n) is 4.69. The Kier molecular flexibility index (Phi) is 5.02. The summed E-state index contributed by atoms with van der Waals surface area (Å²) in [7, 11) is -3.89. The first-order chi connectivity index (χ1) is 13.8. The smallest absolute Gasteiger partial charge is 0.261 e. The number of carbonyl (C=O) groups excluding carboxylic acids is 1. The van der Waals surface area contributed by atoms with E-state index in [1.54, 1.807) is 41.3 Å². The molecule has 1 aliphatic rings. The second-order valence-corrected chi connectivity index (χ2v) is 8.69. The van der Waals surface area contributed by atoms with Gasteiger partial charge in [-0.3, -0.25) is 9.52 Å². The Morgan fingerprint density at radius 1 is 1.03 bits per heavy atom. The van der Waals surface area contributed by atoms with E-state index in [0.717, 1.165) is 11.6 Å². The van der Waals surface area contributed by atoms with Crippen LogP contribution in [0.15, 0.2) is 71.6 Å². The molecule has 148 valence electrons. The van der Waals surface area contributed by atoms with E-state index in [9.17, 15) is 17.6 Å². The molecule has 5 nitrogen and oxygen atoms in total. The van der Waals surface area contributed by atoms with Crippen LogP contribution in [0.2, 0.25) is 5.02 Å². The second-order valence-electron chi connectivity index (χ2n) is 6.60. The third kappa shape index (κ3) is 3.83. The van der Waals surface area contributed by atoms with Crippen molar-refractivity contribution in [2.24, 2.45) is 0 Å². The number of hydrogen-bond acceptors (Lipinski definition) is 3. The van der Waals surface area contributed by atoms with Crippen LogP contribution in [0.4, 0.5) is 15.8 Å². The molecule has 0 aromatic heterocycles. The Labute approximate surface area is 172 Å². The highest BCUT2D eigenvalue weighted by atomic mass is 35.5. The van der Waals surface area contributed by atoms with Gasteiger partial charge in [0.1, 0.15) is 5.82 Å². The van der Waals surface area contributed by atoms with Crippen LogP contribution < -0.4 is 9.62 Å². The predicted octanol–water partition coefficient (Wildman–Crippen LogP) is 4.48. The molecule has 0 radical (unpaired) electrons. The molecule has 3 aromatic carbocycles. The van der Waals surface area contributed by atoms with Crippen molar-refractivity contribution in [1.29, 1.82) is 0 Å². The van der Waals surface area contributed by atoms with Crippen molar-refractivity contribution in [3.05, 3.63) is 88.7 Å². The molecule has 0 bridgehead atoms. The van der Waals surface area contributed by atoms with Crippen molar-refractivity contribution in [3.8, 4) is 0 Å². The lowest BCUT2D eigenvalue weighted by atomic mass is 10.1. The van der Waals surface area contributed by atoms with E-state index in [0.29, 0.717) is 24.2 Å². The highest BCUT2D eigenvalue weighted by Crippen LogP contribution is 2.32. The minimum Gasteiger partial charge on any atom is -0.308 e. The zero-order valence-corrected chi connectivity index (χ0v) is 16.7. The number of nitrogens with zero attached hydrogens (tertiary/aromatic N) is 1. The van der Waals surface area contributed by atoms with Gasteiger partial charge in [0.25, 0.3) is 15.9 Å². The van der Waals surface area contributed by atoms with Crippen molar-refractivity contribution in [1.82, 2.24) is 0 Å². The Hall–Kier alpha value is -2.90. The van der Waals surface area contributed by atoms with Gasteiger partial charge in [-0.25, -0.2) is 12.8 Å². The molecule has 1 heterocycles. The number of fused-ring (bicyclic) bond motifs is 1. The van der Waals surface area contributed by atoms with Gasteiger partial charge < -0.3 is 4.90 Å². The molecule has 0 fully saturated rings. The van der Waals surface area contributed by atoms with Gasteiger partial charge in [0, 0.05) is 17.8 Å². The van der Waals surface area contributed by atoms with Crippen molar-refractivity contribution in [2.75, 3.05) is 16.2 Å². The van der Waals surface area contributed by atoms with Crippen LogP contribution in [0.3, 0.4) is 0 Å². The van der Waals surface area contributed by atoms with Gasteiger partial charge >= 0.3 is 0 Å². The summed E-state index contributed by atoms with van der Waals surface area (Å²) in [5, 5.41) is -0.172. The summed E-state index contributed by atoms with van der Waals surface area (Å²) in [5.74, 6) is -0.755. The highest BCUT2D eigenvalue weighted by Gasteiger charge is 2.27. The summed E-state index contributed by atoms with van der Waals surface area (Å²) in [4.78, 5) is 14.5. The number of anilines is 2. The van der Waals surface area contributed by atoms with Gasteiger partial charge in [0.05, 0.1) is 15.6 Å². The fourth-order valence-electron chi connectivity index (χ4n) is 3.27. The Bertz CT molecular complexity index is 1200. The zero-order valence-electron chi connectivity index (χ0n) is 15.1. The molecule has 0 saturated carbocycles. The summed E-state index contributed by atoms with van der Waals surface area (Å²) in [6, 6.07) is 17.2. The molecular weight excluding hydrogens is 415 g/mol. The van der Waals surface area contributed by atoms with Gasteiger partial charge in [0.2, 0.25) is 0 Å². The molecule has 0 spiro atoms. The molecule has 0 atom stereocenters. The average molecular weight is 431 g/mol. The maximum atomic E-state index is 13.3. The summed E-state index contributed by atoms with van der Waals surface area (Å²) in [6.07, 6.45) is 0.555. The summed E-state index contributed by atoms with van der Waals surface area (Å²) in [6.45, 7) is 0.480. The number of halogens is 2. The first-order valence-corrected chi connectivity index (χ1v) is 10.7. The monoisotopic (exact) mass is 430 g/mol. The quantitative estimate of drug-likeness (QED) is 0.663. The predicted molar refractivity (Wildman–Crippen MR) is 110 cm³/mol. The number of rotatable bonds is 4. The van der Waals surface area contributed by atoms with Crippen LogP contribution in [0, 0.1) is 5.82 Å². The van der Waals surface area contributed by atoms with Crippen molar-refractivity contribution < 1.29 is 17.6 Å². The first kappa shape index (κ1) is 19.4. The number of carbonyl (C=O) groups is 1. The summed E-state index contributed by atoms with van der Waals surface area (Å²) in [5.41, 5.74) is 2.21. The maximum Gasteiger partial charge on any atom is 0.261 e. The van der Waals surface area contributed by atoms with Crippen LogP contribution in [0.1, 0.15) is 15.9 Å². The van der Waals surface area contributed by atoms with Crippen LogP contribution in [-0.4, -0.2) is 20.9 Å². The standard InChI is InChI=1S/C21H16ClFN2O3S/c22-18-13-16(6-8-19(18)23)24-29(27,28)17-7-9-20-15(12-17)10-11-25(20)21(26)14-4-2-1-3-5-14/h1-9,12-13,24H,10-11H2. The van der Waals surface area contributed by atoms with Crippen molar-refractivity contribution >= 4 is 38.9 Å². The number of benzene rings is 3. The molecule has 1 N–H and O–H groups in total. The van der Waals surface area contributed by atoms with Gasteiger partial charge in [-0.1, -0.05) is 29.8 Å². The van der Waals surface area contributed by atoms with Gasteiger partial charge in [-0.15, -0.1) is 0 Å². The minimum absolute atomic E-state index is 0.0608. The van der Waals surface area contributed by atoms with Crippen LogP contribution in [0.5, 0.6) is 0 Å². The van der Waals surface area contributed by atoms with Crippen molar-refractivity contribution in [2.45, 2.75) is 11.3 Å². The number of amides is 1. The minimum atomic E-state index is -3.89. The fraction of sp³-hybridized carbons (Fsp3) is 0.0952. The Morgan fingerprint density at radius 2 is 1.79 bits per heavy atom. The molecule has 1 aliphatic heterocycles. The number of sulfonamides is 1. The molecular formula is C21H16ClFN2O3S. The topological polar surface area (TPSA) is 66.5 Å². The molecule has 0 aliphatic carbocycles. The molecule has 0 saturated heterocycles. The molecule has 8 heteroatoms. The normalized spacial score (nSPS) is 13.2. The van der Waals surface area contributed by atoms with Crippen LogP contribution in [0.25, 0.3) is 0 Å². The largest absolute Gasteiger partial charge is 0.308 e.